The molecule has 0 saturated carbocycles. The van der Waals surface area contributed by atoms with E-state index in [0.29, 0.717) is 28.9 Å². The Morgan fingerprint density at radius 3 is 2.81 bits per heavy atom. The van der Waals surface area contributed by atoms with Gasteiger partial charge in [0.1, 0.15) is 11.5 Å². The second-order valence-electron chi connectivity index (χ2n) is 5.33. The monoisotopic (exact) mass is 388 g/mol. The Morgan fingerprint density at radius 2 is 2.08 bits per heavy atom. The lowest BCUT2D eigenvalue weighted by molar-refractivity contribution is -0.119. The van der Waals surface area contributed by atoms with Crippen molar-refractivity contribution >= 4 is 45.7 Å². The van der Waals surface area contributed by atoms with Crippen molar-refractivity contribution in [1.29, 1.82) is 0 Å². The number of hydrogen-bond donors (Lipinski definition) is 2. The van der Waals surface area contributed by atoms with E-state index in [4.69, 9.17) is 4.42 Å². The van der Waals surface area contributed by atoms with Crippen LogP contribution in [0.15, 0.2) is 33.4 Å². The molecule has 7 nitrogen and oxygen atoms in total. The number of anilines is 1. The van der Waals surface area contributed by atoms with E-state index in [9.17, 15) is 9.59 Å². The minimum atomic E-state index is -0.276. The maximum absolute atomic E-state index is 12.0. The molecule has 0 radical (unpaired) electrons. The maximum atomic E-state index is 12.0. The van der Waals surface area contributed by atoms with Gasteiger partial charge in [-0.3, -0.25) is 14.9 Å². The lowest BCUT2D eigenvalue weighted by atomic mass is 10.3. The predicted octanol–water partition coefficient (Wildman–Crippen LogP) is 3.46. The highest BCUT2D eigenvalue weighted by Gasteiger charge is 2.10. The average molecular weight is 388 g/mol. The van der Waals surface area contributed by atoms with E-state index in [0.717, 1.165) is 10.7 Å². The van der Waals surface area contributed by atoms with Crippen LogP contribution in [0.3, 0.4) is 0 Å². The average Bonchev–Trinajstić information content (AvgIpc) is 3.31. The number of hydrogen-bond acceptors (Lipinski definition) is 7. The molecule has 0 spiro atoms. The van der Waals surface area contributed by atoms with Crippen LogP contribution in [0.25, 0.3) is 17.5 Å². The SMILES string of the molecule is CC(=O)NCc1ccc(-c2csc(NC(=O)C=Cc3csc(C)n3)n2)o1. The number of rotatable bonds is 6. The Morgan fingerprint density at radius 1 is 1.23 bits per heavy atom. The molecule has 3 aromatic rings. The summed E-state index contributed by atoms with van der Waals surface area (Å²) in [4.78, 5) is 31.5. The molecule has 0 aliphatic rings. The van der Waals surface area contributed by atoms with Crippen LogP contribution in [-0.2, 0) is 16.1 Å². The quantitative estimate of drug-likeness (QED) is 0.630. The number of nitrogens with zero attached hydrogens (tertiary/aromatic N) is 2. The number of nitrogens with one attached hydrogen (secondary N) is 2. The summed E-state index contributed by atoms with van der Waals surface area (Å²) < 4.78 is 5.64. The van der Waals surface area contributed by atoms with E-state index >= 15 is 0 Å². The fourth-order valence-corrected chi connectivity index (χ4v) is 3.31. The number of amides is 2. The van der Waals surface area contributed by atoms with E-state index in [1.807, 2.05) is 12.3 Å². The fraction of sp³-hybridized carbons (Fsp3) is 0.176. The Kier molecular flexibility index (Phi) is 5.59. The summed E-state index contributed by atoms with van der Waals surface area (Å²) in [5, 5.41) is 10.5. The van der Waals surface area contributed by atoms with Gasteiger partial charge in [0.25, 0.3) is 0 Å². The van der Waals surface area contributed by atoms with Crippen molar-refractivity contribution in [2.45, 2.75) is 20.4 Å². The van der Waals surface area contributed by atoms with Gasteiger partial charge < -0.3 is 9.73 Å². The molecule has 0 bridgehead atoms. The number of carbonyl (C=O) groups excluding carboxylic acids is 2. The Balaban J connectivity index is 1.60. The van der Waals surface area contributed by atoms with Crippen LogP contribution in [0.5, 0.6) is 0 Å². The molecular weight excluding hydrogens is 372 g/mol. The molecule has 2 amide bonds. The Labute approximate surface area is 157 Å². The van der Waals surface area contributed by atoms with Crippen LogP contribution in [0.4, 0.5) is 5.13 Å². The minimum Gasteiger partial charge on any atom is -0.458 e. The van der Waals surface area contributed by atoms with E-state index in [-0.39, 0.29) is 11.8 Å². The van der Waals surface area contributed by atoms with Crippen LogP contribution in [0.1, 0.15) is 23.4 Å². The van der Waals surface area contributed by atoms with E-state index < -0.39 is 0 Å². The summed E-state index contributed by atoms with van der Waals surface area (Å²) in [5.74, 6) is 0.815. The second kappa shape index (κ2) is 8.07. The van der Waals surface area contributed by atoms with Crippen LogP contribution in [0, 0.1) is 6.92 Å². The van der Waals surface area contributed by atoms with Crippen LogP contribution >= 0.6 is 22.7 Å². The van der Waals surface area contributed by atoms with Gasteiger partial charge in [-0.1, -0.05) is 0 Å². The van der Waals surface area contributed by atoms with Crippen molar-refractivity contribution in [3.63, 3.8) is 0 Å². The molecule has 3 heterocycles. The molecule has 3 aromatic heterocycles. The van der Waals surface area contributed by atoms with Crippen molar-refractivity contribution < 1.29 is 14.0 Å². The maximum Gasteiger partial charge on any atom is 0.250 e. The summed E-state index contributed by atoms with van der Waals surface area (Å²) in [6.07, 6.45) is 3.09. The molecule has 3 rings (SSSR count). The van der Waals surface area contributed by atoms with Gasteiger partial charge in [-0.05, 0) is 25.1 Å². The molecule has 0 aliphatic heterocycles. The van der Waals surface area contributed by atoms with Crippen molar-refractivity contribution in [1.82, 2.24) is 15.3 Å². The molecule has 0 fully saturated rings. The molecule has 9 heteroatoms. The molecule has 0 aliphatic carbocycles. The third kappa shape index (κ3) is 4.87. The Hall–Kier alpha value is -2.78. The first-order valence-electron chi connectivity index (χ1n) is 7.70. The zero-order valence-corrected chi connectivity index (χ0v) is 15.7. The summed E-state index contributed by atoms with van der Waals surface area (Å²) in [7, 11) is 0. The van der Waals surface area contributed by atoms with Crippen molar-refractivity contribution in [2.24, 2.45) is 0 Å². The first-order chi connectivity index (χ1) is 12.5. The third-order valence-electron chi connectivity index (χ3n) is 3.20. The molecule has 134 valence electrons. The third-order valence-corrected chi connectivity index (χ3v) is 4.75. The van der Waals surface area contributed by atoms with Crippen molar-refractivity contribution in [3.8, 4) is 11.5 Å². The van der Waals surface area contributed by atoms with Gasteiger partial charge in [0.15, 0.2) is 10.9 Å². The summed E-state index contributed by atoms with van der Waals surface area (Å²) >= 11 is 2.84. The van der Waals surface area contributed by atoms with Gasteiger partial charge in [0.2, 0.25) is 11.8 Å². The number of furan rings is 1. The molecule has 0 saturated heterocycles. The molecule has 0 unspecified atom stereocenters. The van der Waals surface area contributed by atoms with Crippen molar-refractivity contribution in [2.75, 3.05) is 5.32 Å². The number of carbonyl (C=O) groups is 2. The van der Waals surface area contributed by atoms with Gasteiger partial charge >= 0.3 is 0 Å². The van der Waals surface area contributed by atoms with E-state index in [1.165, 1.54) is 35.7 Å². The number of thiazole rings is 2. The van der Waals surface area contributed by atoms with Crippen LogP contribution < -0.4 is 10.6 Å². The fourth-order valence-electron chi connectivity index (χ4n) is 2.03. The largest absolute Gasteiger partial charge is 0.458 e. The normalized spacial score (nSPS) is 11.0. The van der Waals surface area contributed by atoms with Gasteiger partial charge in [-0.25, -0.2) is 9.97 Å². The molecule has 0 atom stereocenters. The topological polar surface area (TPSA) is 97.1 Å². The molecule has 26 heavy (non-hydrogen) atoms. The van der Waals surface area contributed by atoms with Crippen LogP contribution in [-0.4, -0.2) is 21.8 Å². The van der Waals surface area contributed by atoms with Crippen molar-refractivity contribution in [3.05, 3.63) is 45.4 Å². The standard InChI is InChI=1S/C17H16N4O3S2/c1-10(22)18-7-13-4-5-15(24-13)14-9-26-17(20-14)21-16(23)6-3-12-8-25-11(2)19-12/h3-6,8-9H,7H2,1-2H3,(H,18,22)(H,20,21,23). The van der Waals surface area contributed by atoms with Gasteiger partial charge in [-0.15, -0.1) is 22.7 Å². The van der Waals surface area contributed by atoms with Gasteiger partial charge in [-0.2, -0.15) is 0 Å². The number of aromatic nitrogens is 2. The highest BCUT2D eigenvalue weighted by molar-refractivity contribution is 7.14. The second-order valence-corrected chi connectivity index (χ2v) is 7.25. The first-order valence-corrected chi connectivity index (χ1v) is 9.46. The van der Waals surface area contributed by atoms with Gasteiger partial charge in [0, 0.05) is 23.8 Å². The highest BCUT2D eigenvalue weighted by atomic mass is 32.1. The molecule has 0 aromatic carbocycles. The summed E-state index contributed by atoms with van der Waals surface area (Å²) in [6, 6.07) is 3.56. The zero-order valence-electron chi connectivity index (χ0n) is 14.1. The van der Waals surface area contributed by atoms with E-state index in [1.54, 1.807) is 23.6 Å². The summed E-state index contributed by atoms with van der Waals surface area (Å²) in [5.41, 5.74) is 1.38. The highest BCUT2D eigenvalue weighted by Crippen LogP contribution is 2.26. The first kappa shape index (κ1) is 18.0. The molecule has 2 N–H and O–H groups in total. The number of aryl methyl sites for hydroxylation is 1. The van der Waals surface area contributed by atoms with Gasteiger partial charge in [0.05, 0.1) is 17.2 Å². The van der Waals surface area contributed by atoms with Crippen LogP contribution in [0.2, 0.25) is 0 Å². The minimum absolute atomic E-state index is 0.123. The smallest absolute Gasteiger partial charge is 0.250 e. The summed E-state index contributed by atoms with van der Waals surface area (Å²) in [6.45, 7) is 3.68. The molecular formula is C17H16N4O3S2. The Bertz CT molecular complexity index is 955. The zero-order chi connectivity index (χ0) is 18.5. The lowest BCUT2D eigenvalue weighted by Crippen LogP contribution is -2.18. The van der Waals surface area contributed by atoms with E-state index in [2.05, 4.69) is 20.6 Å². The predicted molar refractivity (Wildman–Crippen MR) is 102 cm³/mol. The lowest BCUT2D eigenvalue weighted by Gasteiger charge is -1.97.